The van der Waals surface area contributed by atoms with Crippen molar-refractivity contribution in [2.24, 2.45) is 0 Å². The van der Waals surface area contributed by atoms with Crippen LogP contribution in [-0.2, 0) is 9.53 Å². The zero-order chi connectivity index (χ0) is 16.8. The number of ether oxygens (including phenoxy) is 2. The smallest absolute Gasteiger partial charge is 0.320 e. The monoisotopic (exact) mass is 323 g/mol. The van der Waals surface area contributed by atoms with Crippen LogP contribution in [0.4, 0.5) is 11.4 Å². The minimum Gasteiger partial charge on any atom is -0.494 e. The molecule has 0 amide bonds. The first-order valence-corrected chi connectivity index (χ1v) is 7.50. The normalized spacial score (nSPS) is 15.3. The molecule has 1 aromatic carbocycles. The lowest BCUT2D eigenvalue weighted by molar-refractivity contribution is -0.384. The van der Waals surface area contributed by atoms with E-state index in [1.54, 1.807) is 13.0 Å². The van der Waals surface area contributed by atoms with E-state index in [0.717, 1.165) is 18.8 Å². The Balaban J connectivity index is 1.99. The third kappa shape index (κ3) is 4.32. The molecule has 1 aliphatic heterocycles. The predicted octanol–water partition coefficient (Wildman–Crippen LogP) is 1.29. The lowest BCUT2D eigenvalue weighted by Crippen LogP contribution is -2.48. The van der Waals surface area contributed by atoms with Gasteiger partial charge in [-0.25, -0.2) is 0 Å². The molecule has 0 spiro atoms. The molecule has 0 radical (unpaired) electrons. The Morgan fingerprint density at radius 1 is 1.30 bits per heavy atom. The zero-order valence-corrected chi connectivity index (χ0v) is 13.4. The Morgan fingerprint density at radius 3 is 2.57 bits per heavy atom. The van der Waals surface area contributed by atoms with E-state index in [4.69, 9.17) is 9.47 Å². The topological polar surface area (TPSA) is 85.2 Å². The third-order valence-electron chi connectivity index (χ3n) is 3.75. The Labute approximate surface area is 134 Å². The number of carbonyl (C=O) groups is 1. The summed E-state index contributed by atoms with van der Waals surface area (Å²) in [5.74, 6) is 0.270. The SMILES string of the molecule is CCOC(=O)CN1CCN(c2ccc([N+](=O)[O-])cc2OC)CC1. The molecule has 0 saturated carbocycles. The van der Waals surface area contributed by atoms with Gasteiger partial charge in [0.05, 0.1) is 36.9 Å². The molecule has 1 aromatic rings. The van der Waals surface area contributed by atoms with Gasteiger partial charge in [0.2, 0.25) is 0 Å². The molecule has 1 aliphatic rings. The molecule has 2 rings (SSSR count). The van der Waals surface area contributed by atoms with Crippen molar-refractivity contribution in [1.82, 2.24) is 4.90 Å². The van der Waals surface area contributed by atoms with Crippen molar-refractivity contribution in [2.45, 2.75) is 6.92 Å². The van der Waals surface area contributed by atoms with Crippen LogP contribution in [0.25, 0.3) is 0 Å². The van der Waals surface area contributed by atoms with Crippen molar-refractivity contribution in [3.63, 3.8) is 0 Å². The number of nitro groups is 1. The van der Waals surface area contributed by atoms with Crippen molar-refractivity contribution in [1.29, 1.82) is 0 Å². The summed E-state index contributed by atoms with van der Waals surface area (Å²) in [6.07, 6.45) is 0. The number of hydrogen-bond donors (Lipinski definition) is 0. The molecule has 0 aromatic heterocycles. The van der Waals surface area contributed by atoms with E-state index in [-0.39, 0.29) is 11.7 Å². The second kappa shape index (κ2) is 7.77. The first-order chi connectivity index (χ1) is 11.0. The van der Waals surface area contributed by atoms with E-state index in [1.807, 2.05) is 4.90 Å². The molecule has 8 heteroatoms. The molecule has 23 heavy (non-hydrogen) atoms. The van der Waals surface area contributed by atoms with Crippen LogP contribution in [0.15, 0.2) is 18.2 Å². The van der Waals surface area contributed by atoms with Gasteiger partial charge >= 0.3 is 5.97 Å². The van der Waals surface area contributed by atoms with Crippen LogP contribution in [0.3, 0.4) is 0 Å². The number of hydrogen-bond acceptors (Lipinski definition) is 7. The molecule has 1 fully saturated rings. The van der Waals surface area contributed by atoms with Gasteiger partial charge < -0.3 is 14.4 Å². The molecule has 8 nitrogen and oxygen atoms in total. The molecule has 0 atom stereocenters. The number of carbonyl (C=O) groups excluding carboxylic acids is 1. The van der Waals surface area contributed by atoms with Crippen molar-refractivity contribution >= 4 is 17.3 Å². The van der Waals surface area contributed by atoms with E-state index in [9.17, 15) is 14.9 Å². The number of piperazine rings is 1. The summed E-state index contributed by atoms with van der Waals surface area (Å²) in [6, 6.07) is 4.61. The maximum atomic E-state index is 11.5. The highest BCUT2D eigenvalue weighted by atomic mass is 16.6. The lowest BCUT2D eigenvalue weighted by atomic mass is 10.2. The van der Waals surface area contributed by atoms with Gasteiger partial charge in [0.25, 0.3) is 5.69 Å². The lowest BCUT2D eigenvalue weighted by Gasteiger charge is -2.36. The molecule has 1 saturated heterocycles. The van der Waals surface area contributed by atoms with Gasteiger partial charge in [-0.15, -0.1) is 0 Å². The van der Waals surface area contributed by atoms with Crippen molar-refractivity contribution in [3.8, 4) is 5.75 Å². The van der Waals surface area contributed by atoms with Crippen molar-refractivity contribution in [3.05, 3.63) is 28.3 Å². The van der Waals surface area contributed by atoms with Crippen LogP contribution >= 0.6 is 0 Å². The van der Waals surface area contributed by atoms with Gasteiger partial charge in [-0.05, 0) is 13.0 Å². The van der Waals surface area contributed by atoms with Gasteiger partial charge in [-0.3, -0.25) is 19.8 Å². The standard InChI is InChI=1S/C15H21N3O5/c1-3-23-15(19)11-16-6-8-17(9-7-16)13-5-4-12(18(20)21)10-14(13)22-2/h4-5,10H,3,6-9,11H2,1-2H3. The molecule has 126 valence electrons. The fourth-order valence-electron chi connectivity index (χ4n) is 2.58. The zero-order valence-electron chi connectivity index (χ0n) is 13.4. The van der Waals surface area contributed by atoms with Gasteiger partial charge in [-0.1, -0.05) is 0 Å². The highest BCUT2D eigenvalue weighted by Gasteiger charge is 2.22. The van der Waals surface area contributed by atoms with Crippen LogP contribution in [0.5, 0.6) is 5.75 Å². The highest BCUT2D eigenvalue weighted by Crippen LogP contribution is 2.32. The summed E-state index contributed by atoms with van der Waals surface area (Å²) in [7, 11) is 1.50. The largest absolute Gasteiger partial charge is 0.494 e. The van der Waals surface area contributed by atoms with E-state index < -0.39 is 4.92 Å². The number of anilines is 1. The average Bonchev–Trinajstić information content (AvgIpc) is 2.55. The van der Waals surface area contributed by atoms with Gasteiger partial charge in [0.1, 0.15) is 5.75 Å². The van der Waals surface area contributed by atoms with E-state index in [1.165, 1.54) is 19.2 Å². The molecule has 0 aliphatic carbocycles. The number of methoxy groups -OCH3 is 1. The summed E-state index contributed by atoms with van der Waals surface area (Å²) in [5, 5.41) is 10.8. The van der Waals surface area contributed by atoms with Crippen LogP contribution in [0.1, 0.15) is 6.92 Å². The maximum Gasteiger partial charge on any atom is 0.320 e. The van der Waals surface area contributed by atoms with Gasteiger partial charge in [-0.2, -0.15) is 0 Å². The molecular weight excluding hydrogens is 302 g/mol. The van der Waals surface area contributed by atoms with E-state index >= 15 is 0 Å². The van der Waals surface area contributed by atoms with Gasteiger partial charge in [0, 0.05) is 32.2 Å². The molecule has 1 heterocycles. The fourth-order valence-corrected chi connectivity index (χ4v) is 2.58. The second-order valence-corrected chi connectivity index (χ2v) is 5.18. The first-order valence-electron chi connectivity index (χ1n) is 7.50. The Hall–Kier alpha value is -2.35. The minimum absolute atomic E-state index is 0.00606. The number of nitrogens with zero attached hydrogens (tertiary/aromatic N) is 3. The number of esters is 1. The number of rotatable bonds is 6. The molecule has 0 unspecified atom stereocenters. The highest BCUT2D eigenvalue weighted by molar-refractivity contribution is 5.71. The Morgan fingerprint density at radius 2 is 2.00 bits per heavy atom. The van der Waals surface area contributed by atoms with Crippen LogP contribution in [-0.4, -0.2) is 62.2 Å². The average molecular weight is 323 g/mol. The number of nitro benzene ring substituents is 1. The third-order valence-corrected chi connectivity index (χ3v) is 3.75. The molecule has 0 N–H and O–H groups in total. The van der Waals surface area contributed by atoms with Crippen LogP contribution in [0, 0.1) is 10.1 Å². The van der Waals surface area contributed by atoms with Crippen LogP contribution in [0.2, 0.25) is 0 Å². The summed E-state index contributed by atoms with van der Waals surface area (Å²) in [4.78, 5) is 26.0. The van der Waals surface area contributed by atoms with Crippen molar-refractivity contribution in [2.75, 3.05) is 51.3 Å². The summed E-state index contributed by atoms with van der Waals surface area (Å²) in [5.41, 5.74) is 0.834. The summed E-state index contributed by atoms with van der Waals surface area (Å²) >= 11 is 0. The fraction of sp³-hybridized carbons (Fsp3) is 0.533. The Kier molecular flexibility index (Phi) is 5.75. The molecule has 0 bridgehead atoms. The number of non-ortho nitro benzene ring substituents is 1. The summed E-state index contributed by atoms with van der Waals surface area (Å²) in [6.45, 7) is 5.34. The molecular formula is C15H21N3O5. The minimum atomic E-state index is -0.441. The predicted molar refractivity (Wildman–Crippen MR) is 84.9 cm³/mol. The summed E-state index contributed by atoms with van der Waals surface area (Å²) < 4.78 is 10.2. The van der Waals surface area contributed by atoms with Crippen molar-refractivity contribution < 1.29 is 19.2 Å². The van der Waals surface area contributed by atoms with Crippen LogP contribution < -0.4 is 9.64 Å². The second-order valence-electron chi connectivity index (χ2n) is 5.18. The Bertz CT molecular complexity index is 570. The maximum absolute atomic E-state index is 11.5. The quantitative estimate of drug-likeness (QED) is 0.443. The van der Waals surface area contributed by atoms with E-state index in [0.29, 0.717) is 32.0 Å². The first kappa shape index (κ1) is 17.0. The van der Waals surface area contributed by atoms with E-state index in [2.05, 4.69) is 4.90 Å². The number of benzene rings is 1. The van der Waals surface area contributed by atoms with Gasteiger partial charge in [0.15, 0.2) is 0 Å².